The molecule has 0 spiro atoms. The molecule has 3 aliphatic rings. The van der Waals surface area contributed by atoms with Gasteiger partial charge in [-0.3, -0.25) is 19.3 Å². The van der Waals surface area contributed by atoms with Crippen molar-refractivity contribution in [3.63, 3.8) is 0 Å². The van der Waals surface area contributed by atoms with Crippen molar-refractivity contribution < 1.29 is 14.4 Å². The summed E-state index contributed by atoms with van der Waals surface area (Å²) in [7, 11) is 0. The number of rotatable bonds is 1. The molecule has 4 heteroatoms. The van der Waals surface area contributed by atoms with Crippen LogP contribution in [0.25, 0.3) is 0 Å². The maximum absolute atomic E-state index is 13.2. The van der Waals surface area contributed by atoms with Gasteiger partial charge >= 0.3 is 0 Å². The fraction of sp³-hybridized carbons (Fsp3) is 0.722. The van der Waals surface area contributed by atoms with E-state index in [-0.39, 0.29) is 35.0 Å². The molecule has 2 fully saturated rings. The van der Waals surface area contributed by atoms with Crippen LogP contribution in [0.1, 0.15) is 53.9 Å². The third kappa shape index (κ3) is 1.61. The van der Waals surface area contributed by atoms with Crippen LogP contribution >= 0.6 is 0 Å². The first-order valence-corrected chi connectivity index (χ1v) is 8.15. The number of imide groups is 1. The molecule has 3 rings (SSSR count). The van der Waals surface area contributed by atoms with Crippen molar-refractivity contribution in [2.75, 3.05) is 0 Å². The predicted octanol–water partition coefficient (Wildman–Crippen LogP) is 2.72. The molecular formula is C18H25NO3. The lowest BCUT2D eigenvalue weighted by atomic mass is 9.67. The van der Waals surface area contributed by atoms with E-state index in [1.54, 1.807) is 0 Å². The molecule has 0 unspecified atom stereocenters. The van der Waals surface area contributed by atoms with Crippen LogP contribution in [0.5, 0.6) is 0 Å². The number of hydrogen-bond acceptors (Lipinski definition) is 3. The van der Waals surface area contributed by atoms with Gasteiger partial charge in [-0.05, 0) is 19.3 Å². The van der Waals surface area contributed by atoms with Gasteiger partial charge in [0.05, 0.1) is 16.9 Å². The first kappa shape index (κ1) is 15.4. The van der Waals surface area contributed by atoms with Crippen molar-refractivity contribution in [2.45, 2.75) is 59.9 Å². The maximum Gasteiger partial charge on any atom is 0.240 e. The lowest BCUT2D eigenvalue weighted by Crippen LogP contribution is -2.52. The number of likely N-dealkylation sites (tertiary alicyclic amines) is 1. The summed E-state index contributed by atoms with van der Waals surface area (Å²) in [6.07, 6.45) is 5.38. The second kappa shape index (κ2) is 4.30. The summed E-state index contributed by atoms with van der Waals surface area (Å²) in [4.78, 5) is 39.3. The number of carbonyl (C=O) groups is 3. The van der Waals surface area contributed by atoms with Crippen LogP contribution in [0.4, 0.5) is 0 Å². The Kier molecular flexibility index (Phi) is 3.02. The van der Waals surface area contributed by atoms with E-state index in [0.29, 0.717) is 19.3 Å². The summed E-state index contributed by atoms with van der Waals surface area (Å²) in [5.41, 5.74) is -1.49. The molecule has 1 saturated carbocycles. The van der Waals surface area contributed by atoms with E-state index in [4.69, 9.17) is 0 Å². The van der Waals surface area contributed by atoms with E-state index in [9.17, 15) is 14.4 Å². The summed E-state index contributed by atoms with van der Waals surface area (Å²) in [6.45, 7) is 9.91. The number of nitrogens with zero attached hydrogens (tertiary/aromatic N) is 1. The second-order valence-electron chi connectivity index (χ2n) is 8.27. The third-order valence-corrected chi connectivity index (χ3v) is 6.88. The first-order chi connectivity index (χ1) is 10.1. The van der Waals surface area contributed by atoms with Crippen molar-refractivity contribution in [1.82, 2.24) is 4.90 Å². The number of carbonyl (C=O) groups excluding carboxylic acids is 3. The van der Waals surface area contributed by atoms with Gasteiger partial charge in [0.25, 0.3) is 0 Å². The van der Waals surface area contributed by atoms with E-state index in [2.05, 4.69) is 13.8 Å². The van der Waals surface area contributed by atoms with Crippen LogP contribution in [-0.2, 0) is 14.4 Å². The Balaban J connectivity index is 1.96. The molecule has 22 heavy (non-hydrogen) atoms. The van der Waals surface area contributed by atoms with Crippen molar-refractivity contribution in [3.8, 4) is 0 Å². The molecule has 4 atom stereocenters. The molecule has 1 heterocycles. The van der Waals surface area contributed by atoms with Crippen LogP contribution in [0.2, 0.25) is 0 Å². The highest BCUT2D eigenvalue weighted by Crippen LogP contribution is 2.58. The minimum atomic E-state index is -0.617. The average Bonchev–Trinajstić information content (AvgIpc) is 2.75. The van der Waals surface area contributed by atoms with Gasteiger partial charge in [0.1, 0.15) is 5.78 Å². The van der Waals surface area contributed by atoms with Gasteiger partial charge in [-0.25, -0.2) is 0 Å². The van der Waals surface area contributed by atoms with Crippen LogP contribution in [0.3, 0.4) is 0 Å². The number of fused-ring (bicyclic) bond motifs is 2. The zero-order valence-electron chi connectivity index (χ0n) is 14.1. The number of amides is 2. The highest BCUT2D eigenvalue weighted by molar-refractivity contribution is 6.05. The molecule has 0 aromatic carbocycles. The van der Waals surface area contributed by atoms with Gasteiger partial charge < -0.3 is 0 Å². The fourth-order valence-electron chi connectivity index (χ4n) is 4.30. The summed E-state index contributed by atoms with van der Waals surface area (Å²) in [5, 5.41) is 0. The van der Waals surface area contributed by atoms with E-state index in [1.807, 2.05) is 32.9 Å². The summed E-state index contributed by atoms with van der Waals surface area (Å²) in [6, 6.07) is -0.167. The maximum atomic E-state index is 13.2. The molecule has 0 aromatic rings. The largest absolute Gasteiger partial charge is 0.300 e. The van der Waals surface area contributed by atoms with Crippen molar-refractivity contribution in [3.05, 3.63) is 12.2 Å². The van der Waals surface area contributed by atoms with Gasteiger partial charge in [-0.1, -0.05) is 39.8 Å². The van der Waals surface area contributed by atoms with E-state index < -0.39 is 10.8 Å². The molecule has 2 amide bonds. The average molecular weight is 303 g/mol. The summed E-state index contributed by atoms with van der Waals surface area (Å²) < 4.78 is 0. The molecule has 2 aliphatic carbocycles. The molecule has 120 valence electrons. The van der Waals surface area contributed by atoms with Crippen LogP contribution in [-0.4, -0.2) is 28.5 Å². The monoisotopic (exact) mass is 303 g/mol. The highest BCUT2D eigenvalue weighted by atomic mass is 16.2. The molecule has 4 nitrogen and oxygen atoms in total. The summed E-state index contributed by atoms with van der Waals surface area (Å²) in [5.74, 6) is 0.0243. The molecule has 1 aliphatic heterocycles. The van der Waals surface area contributed by atoms with Crippen molar-refractivity contribution in [2.24, 2.45) is 22.2 Å². The van der Waals surface area contributed by atoms with Gasteiger partial charge in [0.15, 0.2) is 0 Å². The number of Topliss-reactive ketones (excluding diaryl/α,β-unsaturated/α-hetero) is 1. The third-order valence-electron chi connectivity index (χ3n) is 6.88. The first-order valence-electron chi connectivity index (χ1n) is 8.15. The number of ketones is 1. The fourth-order valence-corrected chi connectivity index (χ4v) is 4.30. The van der Waals surface area contributed by atoms with Gasteiger partial charge in [-0.15, -0.1) is 0 Å². The highest BCUT2D eigenvalue weighted by Gasteiger charge is 2.66. The molecule has 2 bridgehead atoms. The lowest BCUT2D eigenvalue weighted by molar-refractivity contribution is -0.156. The van der Waals surface area contributed by atoms with Gasteiger partial charge in [0.2, 0.25) is 11.8 Å². The Hall–Kier alpha value is -1.45. The molecular weight excluding hydrogens is 278 g/mol. The topological polar surface area (TPSA) is 54.5 Å². The smallest absolute Gasteiger partial charge is 0.240 e. The molecule has 0 aromatic heterocycles. The van der Waals surface area contributed by atoms with E-state index in [1.165, 1.54) is 4.90 Å². The normalized spacial score (nSPS) is 43.0. The van der Waals surface area contributed by atoms with Crippen molar-refractivity contribution in [1.29, 1.82) is 0 Å². The van der Waals surface area contributed by atoms with Crippen LogP contribution < -0.4 is 0 Å². The van der Waals surface area contributed by atoms with Crippen LogP contribution in [0.15, 0.2) is 12.2 Å². The minimum Gasteiger partial charge on any atom is -0.300 e. The molecule has 0 N–H and O–H groups in total. The SMILES string of the molecule is C[C@@H]1CC(=O)CC[C@@]1(C)C(=O)N1C(=O)[C@]2(C)C=C[C@H]1C2(C)C. The zero-order valence-corrected chi connectivity index (χ0v) is 14.1. The molecule has 0 radical (unpaired) electrons. The zero-order chi connectivity index (χ0) is 16.5. The van der Waals surface area contributed by atoms with Gasteiger partial charge in [-0.2, -0.15) is 0 Å². The Morgan fingerprint density at radius 2 is 1.86 bits per heavy atom. The minimum absolute atomic E-state index is 0.0203. The second-order valence-corrected chi connectivity index (χ2v) is 8.27. The Labute approximate surface area is 131 Å². The lowest BCUT2D eigenvalue weighted by Gasteiger charge is -2.41. The Bertz CT molecular complexity index is 605. The predicted molar refractivity (Wildman–Crippen MR) is 82.8 cm³/mol. The van der Waals surface area contributed by atoms with Gasteiger partial charge in [0, 0.05) is 18.3 Å². The van der Waals surface area contributed by atoms with Crippen LogP contribution in [0, 0.1) is 22.2 Å². The summed E-state index contributed by atoms with van der Waals surface area (Å²) >= 11 is 0. The quantitative estimate of drug-likeness (QED) is 0.553. The van der Waals surface area contributed by atoms with E-state index >= 15 is 0 Å². The van der Waals surface area contributed by atoms with E-state index in [0.717, 1.165) is 0 Å². The van der Waals surface area contributed by atoms with Crippen molar-refractivity contribution >= 4 is 17.6 Å². The Morgan fingerprint density at radius 1 is 1.23 bits per heavy atom. The Morgan fingerprint density at radius 3 is 2.36 bits per heavy atom. The molecule has 1 saturated heterocycles. The number of hydrogen-bond donors (Lipinski definition) is 0. The standard InChI is InChI=1S/C18H25NO3/c1-11-10-12(20)6-8-17(11,4)14(21)19-13-7-9-18(5,15(19)22)16(13,2)3/h7,9,11,13H,6,8,10H2,1-5H3/t11-,13+,17-,18+/m1/s1.